The number of carbonyl (C=O) groups excluding carboxylic acids is 1. The Morgan fingerprint density at radius 1 is 1.35 bits per heavy atom. The second-order valence-electron chi connectivity index (χ2n) is 7.19. The van der Waals surface area contributed by atoms with Crippen LogP contribution >= 0.6 is 0 Å². The molecule has 8 nitrogen and oxygen atoms in total. The molecular formula is C18H26N6O2. The van der Waals surface area contributed by atoms with Crippen LogP contribution in [-0.2, 0) is 5.54 Å². The number of hydrogen-bond donors (Lipinski definition) is 2. The van der Waals surface area contributed by atoms with Crippen molar-refractivity contribution in [3.8, 4) is 5.75 Å². The highest BCUT2D eigenvalue weighted by molar-refractivity contribution is 5.89. The van der Waals surface area contributed by atoms with Gasteiger partial charge >= 0.3 is 6.03 Å². The van der Waals surface area contributed by atoms with E-state index >= 15 is 0 Å². The molecule has 0 radical (unpaired) electrons. The van der Waals surface area contributed by atoms with Crippen molar-refractivity contribution in [1.82, 2.24) is 19.9 Å². The first-order chi connectivity index (χ1) is 12.4. The zero-order valence-corrected chi connectivity index (χ0v) is 15.5. The van der Waals surface area contributed by atoms with Crippen molar-refractivity contribution in [2.45, 2.75) is 38.3 Å². The van der Waals surface area contributed by atoms with Gasteiger partial charge in [-0.15, -0.1) is 5.10 Å². The highest BCUT2D eigenvalue weighted by Gasteiger charge is 2.26. The number of nitrogens with zero attached hydrogens (tertiary/aromatic N) is 4. The second kappa shape index (κ2) is 7.33. The highest BCUT2D eigenvalue weighted by atomic mass is 16.5. The summed E-state index contributed by atoms with van der Waals surface area (Å²) in [5, 5.41) is 11.3. The highest BCUT2D eigenvalue weighted by Crippen LogP contribution is 2.24. The molecule has 8 heteroatoms. The maximum absolute atomic E-state index is 12.5. The number of carbonyl (C=O) groups is 1. The van der Waals surface area contributed by atoms with Gasteiger partial charge in [0, 0.05) is 24.8 Å². The van der Waals surface area contributed by atoms with E-state index in [0.29, 0.717) is 18.8 Å². The van der Waals surface area contributed by atoms with Crippen LogP contribution in [0.15, 0.2) is 30.5 Å². The van der Waals surface area contributed by atoms with Gasteiger partial charge in [0.25, 0.3) is 0 Å². The molecule has 2 aromatic rings. The van der Waals surface area contributed by atoms with Gasteiger partial charge in [0.2, 0.25) is 0 Å². The first kappa shape index (κ1) is 18.2. The van der Waals surface area contributed by atoms with Gasteiger partial charge in [-0.2, -0.15) is 0 Å². The minimum atomic E-state index is -0.504. The van der Waals surface area contributed by atoms with Crippen LogP contribution in [0.25, 0.3) is 0 Å². The summed E-state index contributed by atoms with van der Waals surface area (Å²) in [5.74, 6) is 0.714. The van der Waals surface area contributed by atoms with Crippen molar-refractivity contribution in [1.29, 1.82) is 0 Å². The first-order valence-corrected chi connectivity index (χ1v) is 8.78. The Bertz CT molecular complexity index is 759. The molecule has 0 unspecified atom stereocenters. The van der Waals surface area contributed by atoms with E-state index in [-0.39, 0.29) is 12.1 Å². The summed E-state index contributed by atoms with van der Waals surface area (Å²) < 4.78 is 7.06. The molecule has 1 aromatic heterocycles. The van der Waals surface area contributed by atoms with Crippen molar-refractivity contribution < 1.29 is 9.53 Å². The van der Waals surface area contributed by atoms with Crippen LogP contribution in [0.3, 0.4) is 0 Å². The lowest BCUT2D eigenvalue weighted by molar-refractivity contribution is 0.179. The lowest BCUT2D eigenvalue weighted by Gasteiger charge is -2.31. The van der Waals surface area contributed by atoms with E-state index in [0.717, 1.165) is 24.2 Å². The fourth-order valence-corrected chi connectivity index (χ4v) is 2.99. The van der Waals surface area contributed by atoms with Crippen LogP contribution in [0.2, 0.25) is 0 Å². The smallest absolute Gasteiger partial charge is 0.321 e. The van der Waals surface area contributed by atoms with Crippen LogP contribution in [0.1, 0.15) is 38.4 Å². The van der Waals surface area contributed by atoms with E-state index in [1.807, 2.05) is 47.8 Å². The largest absolute Gasteiger partial charge is 0.497 e. The van der Waals surface area contributed by atoms with Crippen molar-refractivity contribution in [3.63, 3.8) is 0 Å². The average Bonchev–Trinajstić information content (AvgIpc) is 3.12. The molecule has 0 bridgehead atoms. The lowest BCUT2D eigenvalue weighted by atomic mass is 10.0. The molecule has 1 fully saturated rings. The summed E-state index contributed by atoms with van der Waals surface area (Å²) in [5.41, 5.74) is 7.06. The number of benzene rings is 1. The number of ether oxygens (including phenoxy) is 1. The quantitative estimate of drug-likeness (QED) is 0.874. The molecule has 3 rings (SSSR count). The number of likely N-dealkylation sites (tertiary alicyclic amines) is 1. The Balaban J connectivity index is 1.56. The number of hydrogen-bond acceptors (Lipinski definition) is 5. The molecule has 26 heavy (non-hydrogen) atoms. The van der Waals surface area contributed by atoms with Gasteiger partial charge in [0.1, 0.15) is 11.4 Å². The monoisotopic (exact) mass is 358 g/mol. The SMILES string of the molecule is COc1cccc(NC(=O)N2CCC(n3cc(C(C)(C)N)nn3)CC2)c1. The molecule has 1 aliphatic rings. The van der Waals surface area contributed by atoms with Gasteiger partial charge in [-0.05, 0) is 38.8 Å². The van der Waals surface area contributed by atoms with Crippen LogP contribution in [-0.4, -0.2) is 46.1 Å². The van der Waals surface area contributed by atoms with Crippen LogP contribution < -0.4 is 15.8 Å². The molecule has 0 spiro atoms. The molecule has 1 aliphatic heterocycles. The van der Waals surface area contributed by atoms with Crippen LogP contribution in [0, 0.1) is 0 Å². The minimum absolute atomic E-state index is 0.0981. The Hall–Kier alpha value is -2.61. The standard InChI is InChI=1S/C18H26N6O2/c1-18(2,19)16-12-24(22-21-16)14-7-9-23(10-8-14)17(25)20-13-5-4-6-15(11-13)26-3/h4-6,11-12,14H,7-10,19H2,1-3H3,(H,20,25). The molecule has 3 N–H and O–H groups in total. The van der Waals surface area contributed by atoms with E-state index in [4.69, 9.17) is 10.5 Å². The summed E-state index contributed by atoms with van der Waals surface area (Å²) in [7, 11) is 1.60. The third-order valence-electron chi connectivity index (χ3n) is 4.62. The zero-order valence-electron chi connectivity index (χ0n) is 15.5. The Labute approximate surface area is 153 Å². The summed E-state index contributed by atoms with van der Waals surface area (Å²) >= 11 is 0. The Morgan fingerprint density at radius 2 is 2.08 bits per heavy atom. The lowest BCUT2D eigenvalue weighted by Crippen LogP contribution is -2.41. The second-order valence-corrected chi connectivity index (χ2v) is 7.19. The molecule has 2 amide bonds. The van der Waals surface area contributed by atoms with Crippen LogP contribution in [0.4, 0.5) is 10.5 Å². The van der Waals surface area contributed by atoms with E-state index in [9.17, 15) is 4.79 Å². The van der Waals surface area contributed by atoms with Crippen molar-refractivity contribution in [2.75, 3.05) is 25.5 Å². The van der Waals surface area contributed by atoms with Crippen molar-refractivity contribution in [2.24, 2.45) is 5.73 Å². The number of rotatable bonds is 4. The normalized spacial score (nSPS) is 15.8. The number of methoxy groups -OCH3 is 1. The predicted octanol–water partition coefficient (Wildman–Crippen LogP) is 2.35. The fourth-order valence-electron chi connectivity index (χ4n) is 2.99. The van der Waals surface area contributed by atoms with Gasteiger partial charge in [0.15, 0.2) is 0 Å². The van der Waals surface area contributed by atoms with Gasteiger partial charge in [-0.3, -0.25) is 0 Å². The maximum Gasteiger partial charge on any atom is 0.321 e. The summed E-state index contributed by atoms with van der Waals surface area (Å²) in [4.78, 5) is 14.3. The van der Waals surface area contributed by atoms with Crippen molar-refractivity contribution >= 4 is 11.7 Å². The van der Waals surface area contributed by atoms with E-state index in [2.05, 4.69) is 15.6 Å². The van der Waals surface area contributed by atoms with Gasteiger partial charge < -0.3 is 20.7 Å². The van der Waals surface area contributed by atoms with Gasteiger partial charge in [0.05, 0.1) is 24.9 Å². The fraction of sp³-hybridized carbons (Fsp3) is 0.500. The maximum atomic E-state index is 12.5. The molecule has 2 heterocycles. The molecule has 0 atom stereocenters. The zero-order chi connectivity index (χ0) is 18.7. The molecule has 140 valence electrons. The molecular weight excluding hydrogens is 332 g/mol. The third-order valence-corrected chi connectivity index (χ3v) is 4.62. The first-order valence-electron chi connectivity index (χ1n) is 8.78. The summed E-state index contributed by atoms with van der Waals surface area (Å²) in [6.45, 7) is 5.16. The van der Waals surface area contributed by atoms with E-state index in [1.165, 1.54) is 0 Å². The molecule has 1 saturated heterocycles. The number of urea groups is 1. The average molecular weight is 358 g/mol. The number of amides is 2. The minimum Gasteiger partial charge on any atom is -0.497 e. The summed E-state index contributed by atoms with van der Waals surface area (Å²) in [6.07, 6.45) is 3.58. The van der Waals surface area contributed by atoms with E-state index < -0.39 is 5.54 Å². The van der Waals surface area contributed by atoms with Gasteiger partial charge in [-0.25, -0.2) is 9.48 Å². The van der Waals surface area contributed by atoms with E-state index in [1.54, 1.807) is 13.2 Å². The van der Waals surface area contributed by atoms with Crippen LogP contribution in [0.5, 0.6) is 5.75 Å². The van der Waals surface area contributed by atoms with Gasteiger partial charge in [-0.1, -0.05) is 11.3 Å². The molecule has 0 saturated carbocycles. The number of aromatic nitrogens is 3. The number of nitrogens with two attached hydrogens (primary N) is 1. The molecule has 0 aliphatic carbocycles. The number of nitrogens with one attached hydrogen (secondary N) is 1. The Kier molecular flexibility index (Phi) is 5.13. The topological polar surface area (TPSA) is 98.3 Å². The van der Waals surface area contributed by atoms with Crippen molar-refractivity contribution in [3.05, 3.63) is 36.2 Å². The summed E-state index contributed by atoms with van der Waals surface area (Å²) in [6, 6.07) is 7.48. The predicted molar refractivity (Wildman–Crippen MR) is 99.1 cm³/mol. The number of piperidine rings is 1. The number of anilines is 1. The third kappa shape index (κ3) is 4.13. The Morgan fingerprint density at radius 3 is 2.69 bits per heavy atom. The molecule has 1 aromatic carbocycles.